The summed E-state index contributed by atoms with van der Waals surface area (Å²) in [6.07, 6.45) is 7.64. The van der Waals surface area contributed by atoms with Gasteiger partial charge in [0.2, 0.25) is 0 Å². The average Bonchev–Trinajstić information content (AvgIpc) is 2.42. The highest BCUT2D eigenvalue weighted by atomic mass is 16.5. The third-order valence-electron chi connectivity index (χ3n) is 3.78. The molecule has 2 aromatic rings. The molecule has 0 aromatic heterocycles. The van der Waals surface area contributed by atoms with Gasteiger partial charge in [0.1, 0.15) is 11.5 Å². The molecule has 0 radical (unpaired) electrons. The quantitative estimate of drug-likeness (QED) is 0.657. The Morgan fingerprint density at radius 2 is 1.83 bits per heavy atom. The fraction of sp³-hybridized carbons (Fsp3) is 0.176. The summed E-state index contributed by atoms with van der Waals surface area (Å²) < 4.78 is 6.04. The normalized spacial score (nSPS) is 17.3. The lowest BCUT2D eigenvalue weighted by atomic mass is 9.92. The molecule has 1 aliphatic heterocycles. The molecule has 1 nitrogen and oxygen atoms in total. The van der Waals surface area contributed by atoms with Gasteiger partial charge in [0.25, 0.3) is 0 Å². The maximum Gasteiger partial charge on any atom is 0.131 e. The average molecular weight is 234 g/mol. The molecule has 2 aliphatic rings. The molecule has 4 rings (SSSR count). The molecular weight excluding hydrogens is 220 g/mol. The van der Waals surface area contributed by atoms with Gasteiger partial charge in [-0.3, -0.25) is 0 Å². The van der Waals surface area contributed by atoms with E-state index in [2.05, 4.69) is 48.6 Å². The van der Waals surface area contributed by atoms with Gasteiger partial charge in [-0.05, 0) is 53.0 Å². The molecule has 0 fully saturated rings. The van der Waals surface area contributed by atoms with Crippen LogP contribution >= 0.6 is 0 Å². The molecule has 18 heavy (non-hydrogen) atoms. The van der Waals surface area contributed by atoms with Crippen molar-refractivity contribution in [1.29, 1.82) is 0 Å². The van der Waals surface area contributed by atoms with Crippen LogP contribution in [0.15, 0.2) is 59.9 Å². The zero-order valence-corrected chi connectivity index (χ0v) is 10.1. The Kier molecular flexibility index (Phi) is 2.07. The Hall–Kier alpha value is -2.02. The molecule has 0 saturated carbocycles. The van der Waals surface area contributed by atoms with E-state index >= 15 is 0 Å². The lowest BCUT2D eigenvalue weighted by Gasteiger charge is -2.24. The van der Waals surface area contributed by atoms with Crippen molar-refractivity contribution in [3.05, 3.63) is 65.4 Å². The number of rotatable bonds is 0. The minimum atomic E-state index is 1.03. The van der Waals surface area contributed by atoms with E-state index < -0.39 is 0 Å². The predicted molar refractivity (Wildman–Crippen MR) is 73.7 cm³/mol. The van der Waals surface area contributed by atoms with Crippen LogP contribution in [-0.2, 0) is 6.42 Å². The Bertz CT molecular complexity index is 692. The Labute approximate surface area is 106 Å². The summed E-state index contributed by atoms with van der Waals surface area (Å²) >= 11 is 0. The summed E-state index contributed by atoms with van der Waals surface area (Å²) in [7, 11) is 0. The molecule has 0 unspecified atom stereocenters. The molecule has 0 bridgehead atoms. The number of fused-ring (bicyclic) bond motifs is 2. The molecule has 2 aromatic carbocycles. The van der Waals surface area contributed by atoms with E-state index in [0.29, 0.717) is 0 Å². The minimum absolute atomic E-state index is 1.03. The highest BCUT2D eigenvalue weighted by molar-refractivity contribution is 5.85. The van der Waals surface area contributed by atoms with Crippen molar-refractivity contribution < 1.29 is 4.74 Å². The van der Waals surface area contributed by atoms with E-state index in [1.807, 2.05) is 0 Å². The van der Waals surface area contributed by atoms with Crippen molar-refractivity contribution in [3.8, 4) is 5.75 Å². The molecule has 1 heteroatoms. The first kappa shape index (κ1) is 9.95. The lowest BCUT2D eigenvalue weighted by molar-refractivity contribution is 0.413. The Morgan fingerprint density at radius 3 is 2.72 bits per heavy atom. The Balaban J connectivity index is 1.87. The van der Waals surface area contributed by atoms with Crippen molar-refractivity contribution >= 4 is 10.8 Å². The number of hydrogen-bond donors (Lipinski definition) is 0. The number of ether oxygens (including phenoxy) is 1. The van der Waals surface area contributed by atoms with Gasteiger partial charge in [-0.15, -0.1) is 0 Å². The molecule has 0 spiro atoms. The van der Waals surface area contributed by atoms with Crippen LogP contribution in [0.25, 0.3) is 10.8 Å². The third-order valence-corrected chi connectivity index (χ3v) is 3.78. The second kappa shape index (κ2) is 3.74. The summed E-state index contributed by atoms with van der Waals surface area (Å²) in [5, 5.41) is 2.55. The topological polar surface area (TPSA) is 9.23 Å². The van der Waals surface area contributed by atoms with Crippen molar-refractivity contribution in [2.24, 2.45) is 0 Å². The van der Waals surface area contributed by atoms with E-state index in [1.165, 1.54) is 21.9 Å². The van der Waals surface area contributed by atoms with Gasteiger partial charge in [-0.1, -0.05) is 30.3 Å². The van der Waals surface area contributed by atoms with Gasteiger partial charge in [0.05, 0.1) is 0 Å². The zero-order valence-electron chi connectivity index (χ0n) is 10.1. The predicted octanol–water partition coefficient (Wildman–Crippen LogP) is 4.38. The van der Waals surface area contributed by atoms with Crippen molar-refractivity contribution in [3.63, 3.8) is 0 Å². The van der Waals surface area contributed by atoms with Crippen molar-refractivity contribution in [2.75, 3.05) is 0 Å². The lowest BCUT2D eigenvalue weighted by Crippen LogP contribution is -2.11. The van der Waals surface area contributed by atoms with Gasteiger partial charge in [-0.2, -0.15) is 0 Å². The van der Waals surface area contributed by atoms with E-state index in [9.17, 15) is 0 Å². The van der Waals surface area contributed by atoms with Gasteiger partial charge >= 0.3 is 0 Å². The summed E-state index contributed by atoms with van der Waals surface area (Å²) in [6.45, 7) is 0. The number of benzene rings is 2. The SMILES string of the molecule is C1=CC2=C(CC1)Cc1cc3ccccc3cc1O2. The summed E-state index contributed by atoms with van der Waals surface area (Å²) in [4.78, 5) is 0. The van der Waals surface area contributed by atoms with E-state index in [4.69, 9.17) is 4.74 Å². The van der Waals surface area contributed by atoms with Gasteiger partial charge in [-0.25, -0.2) is 0 Å². The smallest absolute Gasteiger partial charge is 0.131 e. The summed E-state index contributed by atoms with van der Waals surface area (Å²) in [5.74, 6) is 2.10. The van der Waals surface area contributed by atoms with Crippen molar-refractivity contribution in [1.82, 2.24) is 0 Å². The zero-order chi connectivity index (χ0) is 11.9. The maximum absolute atomic E-state index is 6.04. The van der Waals surface area contributed by atoms with Crippen molar-refractivity contribution in [2.45, 2.75) is 19.3 Å². The first-order chi connectivity index (χ1) is 8.90. The first-order valence-electron chi connectivity index (χ1n) is 6.48. The molecular formula is C17H14O. The third kappa shape index (κ3) is 1.47. The van der Waals surface area contributed by atoms with E-state index in [-0.39, 0.29) is 0 Å². The highest BCUT2D eigenvalue weighted by Crippen LogP contribution is 2.36. The fourth-order valence-corrected chi connectivity index (χ4v) is 2.82. The van der Waals surface area contributed by atoms with E-state index in [1.54, 1.807) is 0 Å². The molecule has 0 N–H and O–H groups in total. The highest BCUT2D eigenvalue weighted by Gasteiger charge is 2.20. The number of hydrogen-bond acceptors (Lipinski definition) is 1. The summed E-state index contributed by atoms with van der Waals surface area (Å²) in [6, 6.07) is 12.9. The monoisotopic (exact) mass is 234 g/mol. The Morgan fingerprint density at radius 1 is 1.00 bits per heavy atom. The second-order valence-electron chi connectivity index (χ2n) is 4.99. The van der Waals surface area contributed by atoms with Gasteiger partial charge < -0.3 is 4.74 Å². The molecule has 0 saturated heterocycles. The molecule has 0 amide bonds. The van der Waals surface area contributed by atoms with Crippen LogP contribution < -0.4 is 4.74 Å². The van der Waals surface area contributed by atoms with Crippen LogP contribution in [-0.4, -0.2) is 0 Å². The molecule has 0 atom stereocenters. The van der Waals surface area contributed by atoms with Crippen LogP contribution in [0.1, 0.15) is 18.4 Å². The van der Waals surface area contributed by atoms with Crippen LogP contribution in [0.5, 0.6) is 5.75 Å². The van der Waals surface area contributed by atoms with Crippen LogP contribution in [0.2, 0.25) is 0 Å². The largest absolute Gasteiger partial charge is 0.457 e. The number of allylic oxidation sites excluding steroid dienone is 3. The van der Waals surface area contributed by atoms with Crippen LogP contribution in [0, 0.1) is 0 Å². The second-order valence-corrected chi connectivity index (χ2v) is 4.99. The molecule has 1 heterocycles. The minimum Gasteiger partial charge on any atom is -0.457 e. The summed E-state index contributed by atoms with van der Waals surface area (Å²) in [5.41, 5.74) is 2.77. The van der Waals surface area contributed by atoms with Crippen LogP contribution in [0.4, 0.5) is 0 Å². The maximum atomic E-state index is 6.04. The molecule has 1 aliphatic carbocycles. The van der Waals surface area contributed by atoms with Gasteiger partial charge in [0.15, 0.2) is 0 Å². The van der Waals surface area contributed by atoms with E-state index in [0.717, 1.165) is 30.8 Å². The van der Waals surface area contributed by atoms with Gasteiger partial charge in [0, 0.05) is 6.42 Å². The molecule has 88 valence electrons. The first-order valence-corrected chi connectivity index (χ1v) is 6.48. The fourth-order valence-electron chi connectivity index (χ4n) is 2.82. The van der Waals surface area contributed by atoms with Crippen LogP contribution in [0.3, 0.4) is 0 Å². The standard InChI is InChI=1S/C17H14O/c1-2-6-13-11-17-15(9-12(13)5-1)10-14-7-3-4-8-16(14)18-17/h1-2,4-6,8-9,11H,3,7,10H2.